The number of hydrogen-bond donors (Lipinski definition) is 1. The van der Waals surface area contributed by atoms with E-state index in [4.69, 9.17) is 11.6 Å². The summed E-state index contributed by atoms with van der Waals surface area (Å²) in [5, 5.41) is 2.77. The van der Waals surface area contributed by atoms with Crippen molar-refractivity contribution in [1.82, 2.24) is 10.3 Å². The molecule has 6 nitrogen and oxygen atoms in total. The molecule has 25 heavy (non-hydrogen) atoms. The van der Waals surface area contributed by atoms with Gasteiger partial charge in [0.05, 0.1) is 5.57 Å². The molecule has 0 spiro atoms. The number of amidine groups is 1. The van der Waals surface area contributed by atoms with Gasteiger partial charge in [-0.25, -0.2) is 19.4 Å². The van der Waals surface area contributed by atoms with Crippen molar-refractivity contribution in [2.24, 2.45) is 4.99 Å². The van der Waals surface area contributed by atoms with E-state index in [9.17, 15) is 14.4 Å². The summed E-state index contributed by atoms with van der Waals surface area (Å²) in [7, 11) is 0. The van der Waals surface area contributed by atoms with Gasteiger partial charge in [0.25, 0.3) is 0 Å². The molecule has 127 valence electrons. The summed E-state index contributed by atoms with van der Waals surface area (Å²) in [5.74, 6) is 5.47. The first-order valence-corrected chi connectivity index (χ1v) is 7.45. The molecule has 8 heteroatoms. The maximum atomic E-state index is 11.3. The third-order valence-corrected chi connectivity index (χ3v) is 3.48. The van der Waals surface area contributed by atoms with E-state index in [1.165, 1.54) is 6.08 Å². The van der Waals surface area contributed by atoms with Crippen molar-refractivity contribution >= 4 is 35.3 Å². The van der Waals surface area contributed by atoms with Gasteiger partial charge in [0.1, 0.15) is 28.4 Å². The van der Waals surface area contributed by atoms with Crippen LogP contribution in [0.15, 0.2) is 57.5 Å². The number of unbranched alkanes of at least 4 members (excludes halogenated alkanes) is 1. The third-order valence-electron chi connectivity index (χ3n) is 3.20. The van der Waals surface area contributed by atoms with Gasteiger partial charge >= 0.3 is 0 Å². The van der Waals surface area contributed by atoms with E-state index in [0.29, 0.717) is 18.5 Å². The number of hydrogen-bond acceptors (Lipinski definition) is 6. The molecule has 0 saturated carbocycles. The van der Waals surface area contributed by atoms with Gasteiger partial charge in [0.2, 0.25) is 0 Å². The molecule has 1 aromatic rings. The summed E-state index contributed by atoms with van der Waals surface area (Å²) in [4.78, 5) is 41.0. The largest absolute Gasteiger partial charge is 0.329 e. The van der Waals surface area contributed by atoms with Crippen LogP contribution in [-0.4, -0.2) is 28.6 Å². The molecule has 1 N–H and O–H groups in total. The molecule has 0 fully saturated rings. The first-order chi connectivity index (χ1) is 11.7. The van der Waals surface area contributed by atoms with Crippen LogP contribution in [0, 0.1) is 0 Å². The monoisotopic (exact) mass is 528 g/mol. The molecule has 0 saturated heterocycles. The van der Waals surface area contributed by atoms with Crippen molar-refractivity contribution in [3.8, 4) is 0 Å². The number of halogens is 1. The topological polar surface area (TPSA) is 88.5 Å². The number of rotatable bonds is 6. The van der Waals surface area contributed by atoms with Gasteiger partial charge in [-0.3, -0.25) is 4.98 Å². The van der Waals surface area contributed by atoms with E-state index in [0.717, 1.165) is 0 Å². The van der Waals surface area contributed by atoms with E-state index >= 15 is 0 Å². The van der Waals surface area contributed by atoms with Crippen LogP contribution in [0.25, 0.3) is 0 Å². The van der Waals surface area contributed by atoms with Crippen LogP contribution in [0.3, 0.4) is 0 Å². The Morgan fingerprint density at radius 1 is 1.28 bits per heavy atom. The number of pyridine rings is 1. The average Bonchev–Trinajstić information content (AvgIpc) is 2.62. The number of aromatic nitrogens is 1. The van der Waals surface area contributed by atoms with Crippen molar-refractivity contribution in [3.63, 3.8) is 0 Å². The van der Waals surface area contributed by atoms with Crippen molar-refractivity contribution in [3.05, 3.63) is 58.2 Å². The van der Waals surface area contributed by atoms with Gasteiger partial charge in [0.15, 0.2) is 11.8 Å². The molecule has 0 aliphatic carbocycles. The molecule has 2 heterocycles. The molecule has 1 aliphatic heterocycles. The van der Waals surface area contributed by atoms with E-state index in [1.54, 1.807) is 42.2 Å². The van der Waals surface area contributed by atoms with Crippen LogP contribution in [-0.2, 0) is 34.8 Å². The Kier molecular flexibility index (Phi) is 8.71. The molecule has 1 radical (unpaired) electrons. The van der Waals surface area contributed by atoms with Gasteiger partial charge in [-0.15, -0.1) is 0 Å². The molecule has 0 aromatic carbocycles. The standard InChI is InChI=1S/C17H12ClN3O3.Re/c18-16-15(12(10-23)6-2-1-5-9-22)14(11-24)20-17(21-16)13-7-3-4-8-19-13;/h3-5,7-8H,1-2,6H2,(H,20,21);. The van der Waals surface area contributed by atoms with Crippen LogP contribution < -0.4 is 5.32 Å². The van der Waals surface area contributed by atoms with Crippen LogP contribution in [0.2, 0.25) is 0 Å². The molecule has 0 unspecified atom stereocenters. The normalized spacial score (nSPS) is 12.7. The zero-order chi connectivity index (χ0) is 17.4. The zero-order valence-electron chi connectivity index (χ0n) is 12.9. The minimum Gasteiger partial charge on any atom is -0.329 e. The SMILES string of the molecule is O=C=CCCCC(=C=O)C1=C(Cl)N=C(c2ccccn2)NC1=C=O.[Re]. The summed E-state index contributed by atoms with van der Waals surface area (Å²) >= 11 is 6.17. The summed E-state index contributed by atoms with van der Waals surface area (Å²) in [5.41, 5.74) is 0.848. The summed E-state index contributed by atoms with van der Waals surface area (Å²) in [6, 6.07) is 5.21. The van der Waals surface area contributed by atoms with E-state index < -0.39 is 0 Å². The second kappa shape index (κ2) is 10.5. The van der Waals surface area contributed by atoms with E-state index in [1.807, 2.05) is 0 Å². The summed E-state index contributed by atoms with van der Waals surface area (Å²) in [6.45, 7) is 0. The second-order valence-electron chi connectivity index (χ2n) is 4.74. The van der Waals surface area contributed by atoms with Crippen molar-refractivity contribution in [1.29, 1.82) is 0 Å². The summed E-state index contributed by atoms with van der Waals surface area (Å²) in [6.07, 6.45) is 4.15. The molecule has 1 aromatic heterocycles. The smallest absolute Gasteiger partial charge is 0.158 e. The Morgan fingerprint density at radius 3 is 2.68 bits per heavy atom. The number of allylic oxidation sites excluding steroid dienone is 2. The second-order valence-corrected chi connectivity index (χ2v) is 5.10. The van der Waals surface area contributed by atoms with Gasteiger partial charge in [0, 0.05) is 32.2 Å². The fourth-order valence-corrected chi connectivity index (χ4v) is 2.40. The number of carbonyl (C=O) groups excluding carboxylic acids is 3. The first kappa shape index (κ1) is 20.7. The maximum absolute atomic E-state index is 11.3. The molecular weight excluding hydrogens is 516 g/mol. The Bertz CT molecular complexity index is 845. The fourth-order valence-electron chi connectivity index (χ4n) is 2.11. The Balaban J connectivity index is 0.00000312. The van der Waals surface area contributed by atoms with Crippen LogP contribution in [0.1, 0.15) is 25.0 Å². The van der Waals surface area contributed by atoms with Gasteiger partial charge < -0.3 is 5.32 Å². The number of aliphatic imine (C=N–C) groups is 1. The Labute approximate surface area is 162 Å². The van der Waals surface area contributed by atoms with E-state index in [2.05, 4.69) is 15.3 Å². The Hall–Kier alpha value is -2.34. The van der Waals surface area contributed by atoms with Gasteiger partial charge in [-0.1, -0.05) is 17.7 Å². The van der Waals surface area contributed by atoms with E-state index in [-0.39, 0.29) is 54.7 Å². The zero-order valence-corrected chi connectivity index (χ0v) is 16.4. The predicted molar refractivity (Wildman–Crippen MR) is 89.3 cm³/mol. The molecule has 0 bridgehead atoms. The van der Waals surface area contributed by atoms with Gasteiger partial charge in [-0.05, 0) is 37.5 Å². The maximum Gasteiger partial charge on any atom is 0.158 e. The average molecular weight is 528 g/mol. The molecule has 2 rings (SSSR count). The first-order valence-electron chi connectivity index (χ1n) is 7.07. The van der Waals surface area contributed by atoms with Crippen LogP contribution in [0.5, 0.6) is 0 Å². The molecule has 0 atom stereocenters. The molecule has 1 aliphatic rings. The number of nitrogens with one attached hydrogen (secondary N) is 1. The van der Waals surface area contributed by atoms with Crippen molar-refractivity contribution in [2.45, 2.75) is 19.3 Å². The Morgan fingerprint density at radius 2 is 2.08 bits per heavy atom. The molecular formula is C17H12ClN3O3Re. The third kappa shape index (κ3) is 5.32. The van der Waals surface area contributed by atoms with Crippen LogP contribution in [0.4, 0.5) is 0 Å². The molecule has 0 amide bonds. The fraction of sp³-hybridized carbons (Fsp3) is 0.176. The van der Waals surface area contributed by atoms with Gasteiger partial charge in [-0.2, -0.15) is 0 Å². The quantitative estimate of drug-likeness (QED) is 0.347. The van der Waals surface area contributed by atoms with Crippen molar-refractivity contribution < 1.29 is 34.8 Å². The number of nitrogens with zero attached hydrogens (tertiary/aromatic N) is 2. The van der Waals surface area contributed by atoms with Crippen LogP contribution >= 0.6 is 11.6 Å². The minimum atomic E-state index is -0.0166. The minimum absolute atomic E-state index is 0. The van der Waals surface area contributed by atoms with Crippen molar-refractivity contribution in [2.75, 3.05) is 0 Å². The predicted octanol–water partition coefficient (Wildman–Crippen LogP) is 1.91. The summed E-state index contributed by atoms with van der Waals surface area (Å²) < 4.78 is 0.